The molecule has 2 aromatic carbocycles. The Morgan fingerprint density at radius 2 is 1.74 bits per heavy atom. The van der Waals surface area contributed by atoms with E-state index in [0.29, 0.717) is 5.02 Å². The zero-order chi connectivity index (χ0) is 16.4. The van der Waals surface area contributed by atoms with Gasteiger partial charge < -0.3 is 10.6 Å². The summed E-state index contributed by atoms with van der Waals surface area (Å²) in [4.78, 5) is 15.5. The summed E-state index contributed by atoms with van der Waals surface area (Å²) in [5.74, 6) is -0.0850. The van der Waals surface area contributed by atoms with Crippen molar-refractivity contribution in [1.82, 2.24) is 4.98 Å². The van der Waals surface area contributed by atoms with Crippen LogP contribution >= 0.6 is 11.6 Å². The molecule has 0 saturated heterocycles. The Hall–Kier alpha value is -2.59. The monoisotopic (exact) mass is 325 g/mol. The van der Waals surface area contributed by atoms with Crippen LogP contribution in [0.25, 0.3) is 10.9 Å². The maximum atomic E-state index is 11.1. The lowest BCUT2D eigenvalue weighted by atomic mass is 10.1. The summed E-state index contributed by atoms with van der Waals surface area (Å²) in [6.45, 7) is 3.45. The van der Waals surface area contributed by atoms with E-state index in [1.54, 1.807) is 6.20 Å². The first-order valence-electron chi connectivity index (χ1n) is 7.23. The summed E-state index contributed by atoms with van der Waals surface area (Å²) < 4.78 is 0. The van der Waals surface area contributed by atoms with Crippen LogP contribution in [-0.4, -0.2) is 10.9 Å². The number of nitrogens with one attached hydrogen (secondary N) is 2. The van der Waals surface area contributed by atoms with Gasteiger partial charge in [-0.1, -0.05) is 11.6 Å². The fourth-order valence-corrected chi connectivity index (χ4v) is 2.59. The van der Waals surface area contributed by atoms with Crippen molar-refractivity contribution >= 4 is 45.5 Å². The van der Waals surface area contributed by atoms with Gasteiger partial charge in [-0.15, -0.1) is 0 Å². The first-order valence-corrected chi connectivity index (χ1v) is 7.61. The second-order valence-electron chi connectivity index (χ2n) is 5.31. The van der Waals surface area contributed by atoms with Crippen molar-refractivity contribution in [2.45, 2.75) is 13.8 Å². The smallest absolute Gasteiger partial charge is 0.221 e. The van der Waals surface area contributed by atoms with Gasteiger partial charge in [0.25, 0.3) is 0 Å². The lowest BCUT2D eigenvalue weighted by Gasteiger charge is -2.12. The van der Waals surface area contributed by atoms with Crippen molar-refractivity contribution in [3.8, 4) is 0 Å². The number of fused-ring (bicyclic) bond motifs is 1. The number of halogens is 1. The van der Waals surface area contributed by atoms with Crippen molar-refractivity contribution in [3.05, 3.63) is 59.2 Å². The molecule has 0 bridgehead atoms. The first-order chi connectivity index (χ1) is 11.0. The van der Waals surface area contributed by atoms with Gasteiger partial charge in [0, 0.05) is 40.6 Å². The summed E-state index contributed by atoms with van der Waals surface area (Å²) in [5, 5.41) is 7.85. The molecule has 3 rings (SSSR count). The van der Waals surface area contributed by atoms with E-state index in [2.05, 4.69) is 15.6 Å². The van der Waals surface area contributed by atoms with Crippen LogP contribution in [0.2, 0.25) is 5.02 Å². The first kappa shape index (κ1) is 15.3. The fourth-order valence-electron chi connectivity index (χ4n) is 2.44. The van der Waals surface area contributed by atoms with Crippen LogP contribution in [0.4, 0.5) is 17.1 Å². The van der Waals surface area contributed by atoms with Gasteiger partial charge in [-0.2, -0.15) is 0 Å². The van der Waals surface area contributed by atoms with Gasteiger partial charge in [-0.05, 0) is 55.0 Å². The summed E-state index contributed by atoms with van der Waals surface area (Å²) in [6.07, 6.45) is 1.76. The van der Waals surface area contributed by atoms with Crippen LogP contribution in [0.1, 0.15) is 12.5 Å². The third-order valence-corrected chi connectivity index (χ3v) is 3.99. The average Bonchev–Trinajstić information content (AvgIpc) is 2.53. The molecule has 1 aromatic heterocycles. The van der Waals surface area contributed by atoms with Gasteiger partial charge >= 0.3 is 0 Å². The molecule has 0 fully saturated rings. The predicted octanol–water partition coefficient (Wildman–Crippen LogP) is 4.90. The molecule has 0 atom stereocenters. The summed E-state index contributed by atoms with van der Waals surface area (Å²) in [6, 6.07) is 13.3. The molecule has 0 spiro atoms. The molecule has 3 aromatic rings. The molecule has 116 valence electrons. The Morgan fingerprint density at radius 1 is 1.04 bits per heavy atom. The van der Waals surface area contributed by atoms with Crippen LogP contribution in [-0.2, 0) is 4.79 Å². The lowest BCUT2D eigenvalue weighted by Crippen LogP contribution is -2.05. The molecule has 23 heavy (non-hydrogen) atoms. The van der Waals surface area contributed by atoms with Gasteiger partial charge in [0.2, 0.25) is 5.91 Å². The number of pyridine rings is 1. The number of anilines is 3. The molecule has 2 N–H and O–H groups in total. The topological polar surface area (TPSA) is 54.0 Å². The van der Waals surface area contributed by atoms with Crippen LogP contribution in [0, 0.1) is 6.92 Å². The highest BCUT2D eigenvalue weighted by molar-refractivity contribution is 6.32. The van der Waals surface area contributed by atoms with Gasteiger partial charge in [0.05, 0.1) is 5.52 Å². The highest BCUT2D eigenvalue weighted by atomic mass is 35.5. The highest BCUT2D eigenvalue weighted by Gasteiger charge is 2.07. The maximum Gasteiger partial charge on any atom is 0.221 e. The summed E-state index contributed by atoms with van der Waals surface area (Å²) in [5.41, 5.74) is 4.51. The number of hydrogen-bond acceptors (Lipinski definition) is 3. The largest absolute Gasteiger partial charge is 0.355 e. The van der Waals surface area contributed by atoms with Crippen LogP contribution < -0.4 is 10.6 Å². The molecule has 5 heteroatoms. The van der Waals surface area contributed by atoms with Crippen LogP contribution in [0.5, 0.6) is 0 Å². The number of benzene rings is 2. The van der Waals surface area contributed by atoms with E-state index in [9.17, 15) is 4.79 Å². The van der Waals surface area contributed by atoms with Gasteiger partial charge in [0.1, 0.15) is 0 Å². The van der Waals surface area contributed by atoms with Gasteiger partial charge in [-0.3, -0.25) is 9.78 Å². The molecular formula is C18H16ClN3O. The minimum absolute atomic E-state index is 0.0850. The predicted molar refractivity (Wildman–Crippen MR) is 95.5 cm³/mol. The molecule has 0 saturated carbocycles. The van der Waals surface area contributed by atoms with Crippen molar-refractivity contribution in [1.29, 1.82) is 0 Å². The van der Waals surface area contributed by atoms with E-state index in [1.165, 1.54) is 6.92 Å². The quantitative estimate of drug-likeness (QED) is 0.720. The van der Waals surface area contributed by atoms with Crippen LogP contribution in [0.3, 0.4) is 0 Å². The molecule has 1 amide bonds. The van der Waals surface area contributed by atoms with E-state index in [0.717, 1.165) is 33.5 Å². The van der Waals surface area contributed by atoms with Crippen molar-refractivity contribution in [2.75, 3.05) is 10.6 Å². The molecule has 0 aliphatic heterocycles. The number of amides is 1. The van der Waals surface area contributed by atoms with Crippen LogP contribution in [0.15, 0.2) is 48.7 Å². The molecule has 4 nitrogen and oxygen atoms in total. The lowest BCUT2D eigenvalue weighted by molar-refractivity contribution is -0.114. The minimum atomic E-state index is -0.0850. The third kappa shape index (κ3) is 3.27. The Balaban J connectivity index is 1.92. The van der Waals surface area contributed by atoms with Gasteiger partial charge in [0.15, 0.2) is 0 Å². The molecule has 0 aliphatic rings. The Labute approximate surface area is 139 Å². The Bertz CT molecular complexity index is 875. The molecule has 0 aliphatic carbocycles. The fraction of sp³-hybridized carbons (Fsp3) is 0.111. The zero-order valence-electron chi connectivity index (χ0n) is 12.9. The van der Waals surface area contributed by atoms with Crippen molar-refractivity contribution in [2.24, 2.45) is 0 Å². The zero-order valence-corrected chi connectivity index (χ0v) is 13.6. The average molecular weight is 326 g/mol. The SMILES string of the molecule is CC(=O)Nc1ccc(Nc2ccnc3c(C)c(Cl)ccc23)cc1. The number of carbonyl (C=O) groups excluding carboxylic acids is 1. The number of hydrogen-bond donors (Lipinski definition) is 2. The number of aromatic nitrogens is 1. The standard InChI is InChI=1S/C18H16ClN3O/c1-11-16(19)8-7-15-17(9-10-20-18(11)15)22-14-5-3-13(4-6-14)21-12(2)23/h3-10H,1-2H3,(H,20,22)(H,21,23). The molecule has 0 unspecified atom stereocenters. The van der Waals surface area contributed by atoms with E-state index < -0.39 is 0 Å². The second-order valence-corrected chi connectivity index (χ2v) is 5.72. The van der Waals surface area contributed by atoms with Crippen molar-refractivity contribution in [3.63, 3.8) is 0 Å². The number of nitrogens with zero attached hydrogens (tertiary/aromatic N) is 1. The van der Waals surface area contributed by atoms with E-state index in [1.807, 2.05) is 49.4 Å². The Morgan fingerprint density at radius 3 is 2.43 bits per heavy atom. The molecular weight excluding hydrogens is 310 g/mol. The highest BCUT2D eigenvalue weighted by Crippen LogP contribution is 2.30. The van der Waals surface area contributed by atoms with E-state index >= 15 is 0 Å². The number of carbonyl (C=O) groups is 1. The molecule has 1 heterocycles. The second kappa shape index (κ2) is 6.26. The maximum absolute atomic E-state index is 11.1. The summed E-state index contributed by atoms with van der Waals surface area (Å²) in [7, 11) is 0. The number of aryl methyl sites for hydroxylation is 1. The number of rotatable bonds is 3. The minimum Gasteiger partial charge on any atom is -0.355 e. The van der Waals surface area contributed by atoms with Gasteiger partial charge in [-0.25, -0.2) is 0 Å². The third-order valence-electron chi connectivity index (χ3n) is 3.58. The van der Waals surface area contributed by atoms with E-state index in [-0.39, 0.29) is 5.91 Å². The Kier molecular flexibility index (Phi) is 4.17. The van der Waals surface area contributed by atoms with E-state index in [4.69, 9.17) is 11.6 Å². The van der Waals surface area contributed by atoms with Crippen molar-refractivity contribution < 1.29 is 4.79 Å². The summed E-state index contributed by atoms with van der Waals surface area (Å²) >= 11 is 6.16. The normalized spacial score (nSPS) is 10.6. The molecule has 0 radical (unpaired) electrons.